The molecule has 0 bridgehead atoms. The molecule has 0 amide bonds. The van der Waals surface area contributed by atoms with E-state index in [4.69, 9.17) is 9.47 Å². The highest BCUT2D eigenvalue weighted by atomic mass is 16.5. The molecule has 0 heterocycles. The summed E-state index contributed by atoms with van der Waals surface area (Å²) >= 11 is 0. The zero-order valence-electron chi connectivity index (χ0n) is 18.4. The van der Waals surface area contributed by atoms with Crippen LogP contribution in [0.5, 0.6) is 11.5 Å². The van der Waals surface area contributed by atoms with E-state index >= 15 is 0 Å². The van der Waals surface area contributed by atoms with Gasteiger partial charge in [-0.3, -0.25) is 0 Å². The van der Waals surface area contributed by atoms with Crippen molar-refractivity contribution in [1.29, 1.82) is 0 Å². The molecule has 0 aromatic heterocycles. The predicted octanol–water partition coefficient (Wildman–Crippen LogP) is 7.34. The van der Waals surface area contributed by atoms with Crippen LogP contribution in [0.3, 0.4) is 0 Å². The van der Waals surface area contributed by atoms with E-state index in [-0.39, 0.29) is 5.41 Å². The van der Waals surface area contributed by atoms with Gasteiger partial charge in [-0.05, 0) is 80.9 Å². The lowest BCUT2D eigenvalue weighted by atomic mass is 9.81. The van der Waals surface area contributed by atoms with Gasteiger partial charge in [-0.2, -0.15) is 0 Å². The number of hydrogen-bond donors (Lipinski definition) is 0. The number of hydrogen-bond acceptors (Lipinski definition) is 2. The highest BCUT2D eigenvalue weighted by Crippen LogP contribution is 2.50. The molecule has 5 rings (SSSR count). The third-order valence-corrected chi connectivity index (χ3v) is 6.52. The van der Waals surface area contributed by atoms with E-state index in [1.165, 1.54) is 44.5 Å². The van der Waals surface area contributed by atoms with Gasteiger partial charge < -0.3 is 9.47 Å². The number of fused-ring (bicyclic) bond motifs is 3. The van der Waals surface area contributed by atoms with Crippen molar-refractivity contribution in [2.24, 2.45) is 0 Å². The number of benzene rings is 4. The monoisotopic (exact) mass is 406 g/mol. The van der Waals surface area contributed by atoms with Gasteiger partial charge in [0.05, 0.1) is 14.2 Å². The van der Waals surface area contributed by atoms with Crippen LogP contribution < -0.4 is 9.47 Å². The zero-order chi connectivity index (χ0) is 21.6. The van der Waals surface area contributed by atoms with Gasteiger partial charge in [0.25, 0.3) is 0 Å². The molecular formula is C29H26O2. The molecule has 0 radical (unpaired) electrons. The Morgan fingerprint density at radius 2 is 0.839 bits per heavy atom. The standard InChI is InChI=1S/C29H26O2/c1-29(2)27-17-21(19-5-11-23(30-3)12-6-19)9-15-25(27)26-16-10-22(18-28(26)29)20-7-13-24(31-4)14-8-20/h5-18H,1-4H3. The van der Waals surface area contributed by atoms with Gasteiger partial charge in [-0.25, -0.2) is 0 Å². The summed E-state index contributed by atoms with van der Waals surface area (Å²) < 4.78 is 10.6. The zero-order valence-corrected chi connectivity index (χ0v) is 18.4. The molecular weight excluding hydrogens is 380 g/mol. The van der Waals surface area contributed by atoms with Crippen LogP contribution in [0.2, 0.25) is 0 Å². The first kappa shape index (κ1) is 19.4. The van der Waals surface area contributed by atoms with Crippen molar-refractivity contribution in [2.45, 2.75) is 19.3 Å². The van der Waals surface area contributed by atoms with Gasteiger partial charge in [0.2, 0.25) is 0 Å². The van der Waals surface area contributed by atoms with Gasteiger partial charge in [-0.1, -0.05) is 62.4 Å². The molecule has 0 N–H and O–H groups in total. The topological polar surface area (TPSA) is 18.5 Å². The SMILES string of the molecule is COc1ccc(-c2ccc3c(c2)C(C)(C)c2cc(-c4ccc(OC)cc4)ccc2-3)cc1. The Labute approximate surface area is 184 Å². The maximum atomic E-state index is 5.31. The second-order valence-electron chi connectivity index (χ2n) is 8.60. The molecule has 154 valence electrons. The van der Waals surface area contributed by atoms with E-state index in [0.29, 0.717) is 0 Å². The predicted molar refractivity (Wildman–Crippen MR) is 128 cm³/mol. The van der Waals surface area contributed by atoms with E-state index in [9.17, 15) is 0 Å². The molecule has 0 fully saturated rings. The molecule has 2 nitrogen and oxygen atoms in total. The normalized spacial score (nSPS) is 13.4. The summed E-state index contributed by atoms with van der Waals surface area (Å²) in [6.45, 7) is 4.65. The second kappa shape index (κ2) is 7.31. The van der Waals surface area contributed by atoms with Crippen LogP contribution in [-0.4, -0.2) is 14.2 Å². The van der Waals surface area contributed by atoms with Crippen molar-refractivity contribution in [2.75, 3.05) is 14.2 Å². The van der Waals surface area contributed by atoms with Crippen LogP contribution in [0.15, 0.2) is 84.9 Å². The average molecular weight is 407 g/mol. The lowest BCUT2D eigenvalue weighted by molar-refractivity contribution is 0.415. The number of methoxy groups -OCH3 is 2. The summed E-state index contributed by atoms with van der Waals surface area (Å²) in [5.41, 5.74) is 10.2. The fourth-order valence-electron chi connectivity index (χ4n) is 4.66. The van der Waals surface area contributed by atoms with Crippen LogP contribution in [0.4, 0.5) is 0 Å². The van der Waals surface area contributed by atoms with Crippen molar-refractivity contribution in [3.63, 3.8) is 0 Å². The lowest BCUT2D eigenvalue weighted by Gasteiger charge is -2.22. The molecule has 0 aliphatic heterocycles. The average Bonchev–Trinajstić information content (AvgIpc) is 3.05. The Morgan fingerprint density at radius 1 is 0.484 bits per heavy atom. The number of ether oxygens (including phenoxy) is 2. The first-order chi connectivity index (χ1) is 15.0. The van der Waals surface area contributed by atoms with E-state index < -0.39 is 0 Å². The Hall–Kier alpha value is -3.52. The molecule has 4 aromatic rings. The van der Waals surface area contributed by atoms with Gasteiger partial charge in [0.1, 0.15) is 11.5 Å². The highest BCUT2D eigenvalue weighted by molar-refractivity contribution is 5.85. The lowest BCUT2D eigenvalue weighted by Crippen LogP contribution is -2.15. The minimum atomic E-state index is -0.0599. The highest BCUT2D eigenvalue weighted by Gasteiger charge is 2.35. The summed E-state index contributed by atoms with van der Waals surface area (Å²) in [5, 5.41) is 0. The molecule has 0 unspecified atom stereocenters. The Morgan fingerprint density at radius 3 is 1.19 bits per heavy atom. The van der Waals surface area contributed by atoms with Gasteiger partial charge in [0.15, 0.2) is 0 Å². The summed E-state index contributed by atoms with van der Waals surface area (Å²) in [4.78, 5) is 0. The molecule has 0 spiro atoms. The van der Waals surface area contributed by atoms with Crippen molar-refractivity contribution in [3.8, 4) is 44.9 Å². The van der Waals surface area contributed by atoms with Crippen LogP contribution >= 0.6 is 0 Å². The molecule has 31 heavy (non-hydrogen) atoms. The summed E-state index contributed by atoms with van der Waals surface area (Å²) in [6, 6.07) is 30.3. The smallest absolute Gasteiger partial charge is 0.118 e. The summed E-state index contributed by atoms with van der Waals surface area (Å²) in [6.07, 6.45) is 0. The summed E-state index contributed by atoms with van der Waals surface area (Å²) in [5.74, 6) is 1.76. The third-order valence-electron chi connectivity index (χ3n) is 6.52. The third kappa shape index (κ3) is 3.19. The van der Waals surface area contributed by atoms with E-state index in [1.807, 2.05) is 24.3 Å². The molecule has 0 saturated heterocycles. The Kier molecular flexibility index (Phi) is 4.59. The molecule has 0 saturated carbocycles. The second-order valence-corrected chi connectivity index (χ2v) is 8.60. The maximum Gasteiger partial charge on any atom is 0.118 e. The maximum absolute atomic E-state index is 5.31. The quantitative estimate of drug-likeness (QED) is 0.353. The van der Waals surface area contributed by atoms with Crippen molar-refractivity contribution < 1.29 is 9.47 Å². The Bertz CT molecular complexity index is 1150. The van der Waals surface area contributed by atoms with Crippen LogP contribution in [-0.2, 0) is 5.41 Å². The molecule has 4 aromatic carbocycles. The van der Waals surface area contributed by atoms with E-state index in [1.54, 1.807) is 14.2 Å². The van der Waals surface area contributed by atoms with Gasteiger partial charge in [-0.15, -0.1) is 0 Å². The minimum Gasteiger partial charge on any atom is -0.497 e. The first-order valence-electron chi connectivity index (χ1n) is 10.6. The van der Waals surface area contributed by atoms with Gasteiger partial charge in [0, 0.05) is 5.41 Å². The van der Waals surface area contributed by atoms with Crippen molar-refractivity contribution in [3.05, 3.63) is 96.1 Å². The molecule has 1 aliphatic carbocycles. The van der Waals surface area contributed by atoms with Crippen LogP contribution in [0, 0.1) is 0 Å². The van der Waals surface area contributed by atoms with Crippen molar-refractivity contribution >= 4 is 0 Å². The molecule has 2 heteroatoms. The van der Waals surface area contributed by atoms with E-state index in [2.05, 4.69) is 74.5 Å². The van der Waals surface area contributed by atoms with Crippen LogP contribution in [0.1, 0.15) is 25.0 Å². The van der Waals surface area contributed by atoms with E-state index in [0.717, 1.165) is 11.5 Å². The minimum absolute atomic E-state index is 0.0599. The largest absolute Gasteiger partial charge is 0.497 e. The fraction of sp³-hybridized carbons (Fsp3) is 0.172. The van der Waals surface area contributed by atoms with Gasteiger partial charge >= 0.3 is 0 Å². The first-order valence-corrected chi connectivity index (χ1v) is 10.6. The Balaban J connectivity index is 1.56. The van der Waals surface area contributed by atoms with Crippen LogP contribution in [0.25, 0.3) is 33.4 Å². The molecule has 0 atom stereocenters. The molecule has 1 aliphatic rings. The summed E-state index contributed by atoms with van der Waals surface area (Å²) in [7, 11) is 3.40. The van der Waals surface area contributed by atoms with Crippen molar-refractivity contribution in [1.82, 2.24) is 0 Å². The fourth-order valence-corrected chi connectivity index (χ4v) is 4.66. The number of rotatable bonds is 4.